The monoisotopic (exact) mass is 265 g/mol. The number of ether oxygens (including phenoxy) is 2. The minimum absolute atomic E-state index is 0.0726. The van der Waals surface area contributed by atoms with Gasteiger partial charge in [-0.15, -0.1) is 0 Å². The number of nitrogens with zero attached hydrogens (tertiary/aromatic N) is 1. The van der Waals surface area contributed by atoms with Crippen molar-refractivity contribution < 1.29 is 14.6 Å². The third-order valence-corrected chi connectivity index (χ3v) is 3.78. The minimum atomic E-state index is -0.836. The van der Waals surface area contributed by atoms with Crippen LogP contribution in [0.1, 0.15) is 12.0 Å². The van der Waals surface area contributed by atoms with Gasteiger partial charge in [-0.3, -0.25) is 0 Å². The Labute approximate surface area is 114 Å². The van der Waals surface area contributed by atoms with Gasteiger partial charge >= 0.3 is 0 Å². The van der Waals surface area contributed by atoms with Gasteiger partial charge < -0.3 is 19.5 Å². The summed E-state index contributed by atoms with van der Waals surface area (Å²) in [6.45, 7) is 1.98. The number of hydrogen-bond donors (Lipinski definition) is 1. The van der Waals surface area contributed by atoms with Crippen LogP contribution in [0.5, 0.6) is 5.75 Å². The van der Waals surface area contributed by atoms with Crippen LogP contribution in [0.25, 0.3) is 0 Å². The molecule has 1 saturated heterocycles. The van der Waals surface area contributed by atoms with Crippen molar-refractivity contribution in [2.24, 2.45) is 5.92 Å². The highest BCUT2D eigenvalue weighted by molar-refractivity contribution is 5.33. The predicted octanol–water partition coefficient (Wildman–Crippen LogP) is 1.48. The van der Waals surface area contributed by atoms with E-state index >= 15 is 0 Å². The molecule has 0 radical (unpaired) electrons. The number of aliphatic hydroxyl groups is 1. The van der Waals surface area contributed by atoms with Gasteiger partial charge in [0.05, 0.1) is 19.3 Å². The highest BCUT2D eigenvalue weighted by Crippen LogP contribution is 2.38. The van der Waals surface area contributed by atoms with Gasteiger partial charge in [-0.05, 0) is 31.8 Å². The van der Waals surface area contributed by atoms with Gasteiger partial charge in [-0.2, -0.15) is 0 Å². The Morgan fingerprint density at radius 3 is 2.95 bits per heavy atom. The first-order valence-electron chi connectivity index (χ1n) is 6.65. The van der Waals surface area contributed by atoms with Crippen molar-refractivity contribution in [3.63, 3.8) is 0 Å². The second kappa shape index (κ2) is 5.90. The average Bonchev–Trinajstić information content (AvgIpc) is 2.41. The fraction of sp³-hybridized carbons (Fsp3) is 0.600. The third-order valence-electron chi connectivity index (χ3n) is 3.78. The first kappa shape index (κ1) is 14.3. The van der Waals surface area contributed by atoms with Gasteiger partial charge in [-0.1, -0.05) is 12.1 Å². The van der Waals surface area contributed by atoms with Gasteiger partial charge in [0.15, 0.2) is 0 Å². The molecular weight excluding hydrogens is 242 g/mol. The largest absolute Gasteiger partial charge is 0.497 e. The quantitative estimate of drug-likeness (QED) is 0.895. The molecule has 0 amide bonds. The maximum Gasteiger partial charge on any atom is 0.119 e. The molecule has 0 aliphatic carbocycles. The topological polar surface area (TPSA) is 41.9 Å². The zero-order valence-electron chi connectivity index (χ0n) is 11.9. The van der Waals surface area contributed by atoms with Gasteiger partial charge in [0.25, 0.3) is 0 Å². The summed E-state index contributed by atoms with van der Waals surface area (Å²) >= 11 is 0. The van der Waals surface area contributed by atoms with E-state index in [1.165, 1.54) is 0 Å². The van der Waals surface area contributed by atoms with Crippen molar-refractivity contribution in [1.29, 1.82) is 0 Å². The smallest absolute Gasteiger partial charge is 0.119 e. The van der Waals surface area contributed by atoms with E-state index in [1.807, 2.05) is 38.4 Å². The summed E-state index contributed by atoms with van der Waals surface area (Å²) in [5.74, 6) is 0.851. The lowest BCUT2D eigenvalue weighted by molar-refractivity contribution is -0.123. The first-order valence-corrected chi connectivity index (χ1v) is 6.65. The molecule has 0 bridgehead atoms. The Morgan fingerprint density at radius 2 is 2.26 bits per heavy atom. The van der Waals surface area contributed by atoms with E-state index in [4.69, 9.17) is 9.47 Å². The highest BCUT2D eigenvalue weighted by Gasteiger charge is 2.41. The fourth-order valence-electron chi connectivity index (χ4n) is 2.71. The Morgan fingerprint density at radius 1 is 1.47 bits per heavy atom. The fourth-order valence-corrected chi connectivity index (χ4v) is 2.71. The van der Waals surface area contributed by atoms with Crippen LogP contribution < -0.4 is 4.74 Å². The molecular formula is C15H23NO3. The van der Waals surface area contributed by atoms with E-state index in [2.05, 4.69) is 4.90 Å². The molecule has 0 saturated carbocycles. The molecule has 0 spiro atoms. The Hall–Kier alpha value is -1.10. The van der Waals surface area contributed by atoms with Crippen molar-refractivity contribution in [1.82, 2.24) is 4.90 Å². The molecule has 1 N–H and O–H groups in total. The van der Waals surface area contributed by atoms with E-state index in [9.17, 15) is 5.11 Å². The van der Waals surface area contributed by atoms with Gasteiger partial charge in [0.2, 0.25) is 0 Å². The van der Waals surface area contributed by atoms with Crippen LogP contribution in [0.15, 0.2) is 24.3 Å². The Balaban J connectivity index is 2.30. The lowest BCUT2D eigenvalue weighted by Gasteiger charge is -2.41. The van der Waals surface area contributed by atoms with Gasteiger partial charge in [0, 0.05) is 25.5 Å². The molecule has 0 unspecified atom stereocenters. The van der Waals surface area contributed by atoms with Crippen LogP contribution in [-0.4, -0.2) is 51.0 Å². The molecule has 1 aromatic carbocycles. The van der Waals surface area contributed by atoms with Crippen molar-refractivity contribution >= 4 is 0 Å². The van der Waals surface area contributed by atoms with Crippen LogP contribution in [-0.2, 0) is 10.3 Å². The molecule has 1 aromatic rings. The van der Waals surface area contributed by atoms with Gasteiger partial charge in [-0.25, -0.2) is 0 Å². The Kier molecular flexibility index (Phi) is 4.45. The summed E-state index contributed by atoms with van der Waals surface area (Å²) in [6.07, 6.45) is 0.624. The standard InChI is InChI=1S/C15H23NO3/c1-16(2)10-13-11-19-8-7-15(13,17)12-5-4-6-14(9-12)18-3/h4-6,9,13,17H,7-8,10-11H2,1-3H3/t13-,15+/m0/s1. The molecule has 1 heterocycles. The molecule has 1 aliphatic heterocycles. The second-order valence-electron chi connectivity index (χ2n) is 5.44. The zero-order chi connectivity index (χ0) is 13.9. The van der Waals surface area contributed by atoms with Crippen LogP contribution in [0.2, 0.25) is 0 Å². The second-order valence-corrected chi connectivity index (χ2v) is 5.44. The number of hydrogen-bond acceptors (Lipinski definition) is 4. The lowest BCUT2D eigenvalue weighted by atomic mass is 9.77. The van der Waals surface area contributed by atoms with Crippen molar-refractivity contribution in [2.75, 3.05) is 41.0 Å². The normalized spacial score (nSPS) is 27.5. The highest BCUT2D eigenvalue weighted by atomic mass is 16.5. The molecule has 1 fully saturated rings. The summed E-state index contributed by atoms with van der Waals surface area (Å²) in [4.78, 5) is 2.09. The Bertz CT molecular complexity index is 422. The SMILES string of the molecule is COc1cccc([C@]2(O)CCOC[C@@H]2CN(C)C)c1. The molecule has 4 nitrogen and oxygen atoms in total. The number of benzene rings is 1. The molecule has 106 valence electrons. The molecule has 4 heteroatoms. The summed E-state index contributed by atoms with van der Waals surface area (Å²) in [5, 5.41) is 11.1. The molecule has 19 heavy (non-hydrogen) atoms. The van der Waals surface area contributed by atoms with Crippen LogP contribution in [0, 0.1) is 5.92 Å². The molecule has 2 rings (SSSR count). The summed E-state index contributed by atoms with van der Waals surface area (Å²) in [5.41, 5.74) is 0.0823. The molecule has 1 aliphatic rings. The van der Waals surface area contributed by atoms with Crippen molar-refractivity contribution in [2.45, 2.75) is 12.0 Å². The van der Waals surface area contributed by atoms with Crippen molar-refractivity contribution in [3.8, 4) is 5.75 Å². The van der Waals surface area contributed by atoms with E-state index in [0.717, 1.165) is 17.9 Å². The first-order chi connectivity index (χ1) is 9.06. The zero-order valence-corrected chi connectivity index (χ0v) is 11.9. The van der Waals surface area contributed by atoms with Gasteiger partial charge in [0.1, 0.15) is 5.75 Å². The lowest BCUT2D eigenvalue weighted by Crippen LogP contribution is -2.47. The maximum atomic E-state index is 11.1. The summed E-state index contributed by atoms with van der Waals surface area (Å²) in [6, 6.07) is 7.71. The van der Waals surface area contributed by atoms with Crippen LogP contribution >= 0.6 is 0 Å². The summed E-state index contributed by atoms with van der Waals surface area (Å²) in [7, 11) is 5.67. The molecule has 0 aromatic heterocycles. The van der Waals surface area contributed by atoms with E-state index < -0.39 is 5.60 Å². The predicted molar refractivity (Wildman–Crippen MR) is 74.4 cm³/mol. The van der Waals surface area contributed by atoms with E-state index in [1.54, 1.807) is 7.11 Å². The van der Waals surface area contributed by atoms with Crippen LogP contribution in [0.3, 0.4) is 0 Å². The molecule has 2 atom stereocenters. The van der Waals surface area contributed by atoms with E-state index in [-0.39, 0.29) is 5.92 Å². The third kappa shape index (κ3) is 3.08. The summed E-state index contributed by atoms with van der Waals surface area (Å²) < 4.78 is 10.8. The average molecular weight is 265 g/mol. The number of methoxy groups -OCH3 is 1. The van der Waals surface area contributed by atoms with E-state index in [0.29, 0.717) is 19.6 Å². The van der Waals surface area contributed by atoms with Crippen molar-refractivity contribution in [3.05, 3.63) is 29.8 Å². The number of rotatable bonds is 4. The maximum absolute atomic E-state index is 11.1. The minimum Gasteiger partial charge on any atom is -0.497 e. The van der Waals surface area contributed by atoms with Crippen LogP contribution in [0.4, 0.5) is 0 Å².